The van der Waals surface area contributed by atoms with Gasteiger partial charge in [-0.25, -0.2) is 0 Å². The molecule has 0 radical (unpaired) electrons. The first kappa shape index (κ1) is 12.4. The summed E-state index contributed by atoms with van der Waals surface area (Å²) in [5, 5.41) is 3.11. The molecule has 0 atom stereocenters. The average Bonchev–Trinajstić information content (AvgIpc) is 2.46. The molecule has 18 heavy (non-hydrogen) atoms. The van der Waals surface area contributed by atoms with Gasteiger partial charge in [-0.15, -0.1) is 0 Å². The molecule has 0 aliphatic heterocycles. The van der Waals surface area contributed by atoms with Gasteiger partial charge in [-0.2, -0.15) is 0 Å². The number of hydrogen-bond donors (Lipinski definition) is 1. The van der Waals surface area contributed by atoms with Gasteiger partial charge in [0.2, 0.25) is 0 Å². The molecule has 0 aliphatic rings. The smallest absolute Gasteiger partial charge is 0.0602 e. The second kappa shape index (κ2) is 6.00. The van der Waals surface area contributed by atoms with Crippen molar-refractivity contribution in [1.82, 2.24) is 9.97 Å². The third-order valence-electron chi connectivity index (χ3n) is 2.84. The van der Waals surface area contributed by atoms with Gasteiger partial charge in [-0.05, 0) is 25.1 Å². The first-order valence-corrected chi connectivity index (χ1v) is 6.11. The zero-order valence-electron chi connectivity index (χ0n) is 10.8. The summed E-state index contributed by atoms with van der Waals surface area (Å²) in [5.74, 6) is 0. The third kappa shape index (κ3) is 2.97. The highest BCUT2D eigenvalue weighted by Gasteiger charge is 2.06. The van der Waals surface area contributed by atoms with E-state index in [0.717, 1.165) is 30.2 Å². The van der Waals surface area contributed by atoms with Crippen molar-refractivity contribution >= 4 is 11.4 Å². The molecule has 0 fully saturated rings. The monoisotopic (exact) mass is 242 g/mol. The van der Waals surface area contributed by atoms with Crippen molar-refractivity contribution in [1.29, 1.82) is 0 Å². The van der Waals surface area contributed by atoms with E-state index in [4.69, 9.17) is 0 Å². The Labute approximate surface area is 108 Å². The second-order valence-corrected chi connectivity index (χ2v) is 4.02. The van der Waals surface area contributed by atoms with Crippen LogP contribution in [0, 0.1) is 0 Å². The molecule has 0 spiro atoms. The van der Waals surface area contributed by atoms with Crippen LogP contribution < -0.4 is 10.2 Å². The summed E-state index contributed by atoms with van der Waals surface area (Å²) in [6.07, 6.45) is 5.52. The van der Waals surface area contributed by atoms with Crippen molar-refractivity contribution in [3.63, 3.8) is 0 Å². The number of anilines is 2. The fourth-order valence-corrected chi connectivity index (χ4v) is 1.81. The van der Waals surface area contributed by atoms with E-state index in [9.17, 15) is 0 Å². The molecule has 0 unspecified atom stereocenters. The summed E-state index contributed by atoms with van der Waals surface area (Å²) in [4.78, 5) is 10.8. The molecule has 2 aromatic rings. The molecule has 2 aromatic heterocycles. The minimum atomic E-state index is 0.798. The Balaban J connectivity index is 2.17. The van der Waals surface area contributed by atoms with Crippen LogP contribution in [-0.4, -0.2) is 23.6 Å². The van der Waals surface area contributed by atoms with E-state index in [-0.39, 0.29) is 0 Å². The zero-order chi connectivity index (χ0) is 12.8. The lowest BCUT2D eigenvalue weighted by Crippen LogP contribution is -2.22. The third-order valence-corrected chi connectivity index (χ3v) is 2.84. The maximum atomic E-state index is 4.36. The maximum absolute atomic E-state index is 4.36. The van der Waals surface area contributed by atoms with Gasteiger partial charge in [0.1, 0.15) is 0 Å². The van der Waals surface area contributed by atoms with Crippen LogP contribution in [0.3, 0.4) is 0 Å². The van der Waals surface area contributed by atoms with Crippen LogP contribution in [0.1, 0.15) is 12.6 Å². The van der Waals surface area contributed by atoms with E-state index < -0.39 is 0 Å². The van der Waals surface area contributed by atoms with Crippen molar-refractivity contribution in [3.05, 3.63) is 48.5 Å². The standard InChI is InChI=1S/C14H18N4/c1-3-18(11-12-6-4-5-7-17-12)14-8-13(15-2)9-16-10-14/h4-10,15H,3,11H2,1-2H3. The Kier molecular flexibility index (Phi) is 4.12. The molecule has 0 aliphatic carbocycles. The molecule has 2 rings (SSSR count). The normalized spacial score (nSPS) is 10.1. The predicted octanol–water partition coefficient (Wildman–Crippen LogP) is 2.54. The fraction of sp³-hybridized carbons (Fsp3) is 0.286. The summed E-state index contributed by atoms with van der Waals surface area (Å²) >= 11 is 0. The first-order valence-electron chi connectivity index (χ1n) is 6.11. The van der Waals surface area contributed by atoms with Gasteiger partial charge in [0, 0.05) is 19.8 Å². The van der Waals surface area contributed by atoms with Crippen molar-refractivity contribution < 1.29 is 0 Å². The Morgan fingerprint density at radius 1 is 1.28 bits per heavy atom. The molecule has 4 nitrogen and oxygen atoms in total. The summed E-state index contributed by atoms with van der Waals surface area (Å²) in [6, 6.07) is 8.08. The second-order valence-electron chi connectivity index (χ2n) is 4.02. The summed E-state index contributed by atoms with van der Waals surface area (Å²) in [5.41, 5.74) is 3.19. The fourth-order valence-electron chi connectivity index (χ4n) is 1.81. The first-order chi connectivity index (χ1) is 8.83. The van der Waals surface area contributed by atoms with E-state index >= 15 is 0 Å². The lowest BCUT2D eigenvalue weighted by molar-refractivity contribution is 0.807. The predicted molar refractivity (Wildman–Crippen MR) is 74.7 cm³/mol. The van der Waals surface area contributed by atoms with E-state index in [1.165, 1.54) is 0 Å². The van der Waals surface area contributed by atoms with E-state index in [1.54, 1.807) is 0 Å². The van der Waals surface area contributed by atoms with Crippen molar-refractivity contribution in [2.24, 2.45) is 0 Å². The summed E-state index contributed by atoms with van der Waals surface area (Å²) in [6.45, 7) is 3.85. The van der Waals surface area contributed by atoms with Crippen LogP contribution in [0.5, 0.6) is 0 Å². The topological polar surface area (TPSA) is 41.1 Å². The molecule has 0 saturated carbocycles. The van der Waals surface area contributed by atoms with E-state index in [2.05, 4.69) is 33.2 Å². The molecule has 0 aromatic carbocycles. The molecule has 0 amide bonds. The molecule has 1 N–H and O–H groups in total. The highest BCUT2D eigenvalue weighted by molar-refractivity contribution is 5.55. The van der Waals surface area contributed by atoms with Gasteiger partial charge >= 0.3 is 0 Å². The Hall–Kier alpha value is -2.10. The van der Waals surface area contributed by atoms with Crippen molar-refractivity contribution in [3.8, 4) is 0 Å². The molecule has 2 heterocycles. The number of rotatable bonds is 5. The minimum Gasteiger partial charge on any atom is -0.387 e. The van der Waals surface area contributed by atoms with E-state index in [0.29, 0.717) is 0 Å². The van der Waals surface area contributed by atoms with Gasteiger partial charge in [-0.3, -0.25) is 9.97 Å². The number of aromatic nitrogens is 2. The number of nitrogens with one attached hydrogen (secondary N) is 1. The molecular formula is C14H18N4. The zero-order valence-corrected chi connectivity index (χ0v) is 10.8. The lowest BCUT2D eigenvalue weighted by atomic mass is 10.3. The van der Waals surface area contributed by atoms with Crippen LogP contribution in [0.25, 0.3) is 0 Å². The SMILES string of the molecule is CCN(Cc1ccccn1)c1cncc(NC)c1. The van der Waals surface area contributed by atoms with Gasteiger partial charge in [-0.1, -0.05) is 6.07 Å². The van der Waals surface area contributed by atoms with Crippen LogP contribution in [0.15, 0.2) is 42.9 Å². The van der Waals surface area contributed by atoms with Gasteiger partial charge in [0.15, 0.2) is 0 Å². The molecule has 4 heteroatoms. The Bertz CT molecular complexity index is 484. The summed E-state index contributed by atoms with van der Waals surface area (Å²) in [7, 11) is 1.90. The number of nitrogens with zero attached hydrogens (tertiary/aromatic N) is 3. The number of hydrogen-bond acceptors (Lipinski definition) is 4. The van der Waals surface area contributed by atoms with Gasteiger partial charge in [0.05, 0.1) is 36.0 Å². The highest BCUT2D eigenvalue weighted by atomic mass is 15.1. The Morgan fingerprint density at radius 3 is 2.83 bits per heavy atom. The number of pyridine rings is 2. The summed E-state index contributed by atoms with van der Waals surface area (Å²) < 4.78 is 0. The molecular weight excluding hydrogens is 224 g/mol. The highest BCUT2D eigenvalue weighted by Crippen LogP contribution is 2.18. The quantitative estimate of drug-likeness (QED) is 0.874. The molecule has 0 bridgehead atoms. The van der Waals surface area contributed by atoms with Crippen LogP contribution >= 0.6 is 0 Å². The van der Waals surface area contributed by atoms with E-state index in [1.807, 2.05) is 43.8 Å². The van der Waals surface area contributed by atoms with Crippen molar-refractivity contribution in [2.45, 2.75) is 13.5 Å². The van der Waals surface area contributed by atoms with Crippen LogP contribution in [-0.2, 0) is 6.54 Å². The van der Waals surface area contributed by atoms with Gasteiger partial charge in [0.25, 0.3) is 0 Å². The largest absolute Gasteiger partial charge is 0.387 e. The van der Waals surface area contributed by atoms with Crippen LogP contribution in [0.2, 0.25) is 0 Å². The lowest BCUT2D eigenvalue weighted by Gasteiger charge is -2.22. The average molecular weight is 242 g/mol. The van der Waals surface area contributed by atoms with Gasteiger partial charge < -0.3 is 10.2 Å². The van der Waals surface area contributed by atoms with Crippen LogP contribution in [0.4, 0.5) is 11.4 Å². The molecule has 94 valence electrons. The Morgan fingerprint density at radius 2 is 2.17 bits per heavy atom. The minimum absolute atomic E-state index is 0.798. The molecule has 0 saturated heterocycles. The maximum Gasteiger partial charge on any atom is 0.0602 e. The van der Waals surface area contributed by atoms with Crippen molar-refractivity contribution in [2.75, 3.05) is 23.8 Å².